The molecule has 0 aromatic carbocycles. The van der Waals surface area contributed by atoms with E-state index in [2.05, 4.69) is 10.1 Å². The molecule has 1 amide bonds. The van der Waals surface area contributed by atoms with Crippen molar-refractivity contribution in [2.45, 2.75) is 24.9 Å². The zero-order valence-corrected chi connectivity index (χ0v) is 13.6. The van der Waals surface area contributed by atoms with Gasteiger partial charge in [0.25, 0.3) is 0 Å². The van der Waals surface area contributed by atoms with E-state index in [0.717, 1.165) is 0 Å². The van der Waals surface area contributed by atoms with Gasteiger partial charge in [-0.2, -0.15) is 27.1 Å². The molecule has 0 aliphatic heterocycles. The molecule has 26 heavy (non-hydrogen) atoms. The molecule has 2 aromatic rings. The Kier molecular flexibility index (Phi) is 5.51. The Morgan fingerprint density at radius 3 is 2.58 bits per heavy atom. The summed E-state index contributed by atoms with van der Waals surface area (Å²) in [5, 5.41) is 3.67. The molecular formula is C15H10ClF5N4O. The van der Waals surface area contributed by atoms with Crippen molar-refractivity contribution in [1.29, 1.82) is 0 Å². The van der Waals surface area contributed by atoms with Gasteiger partial charge in [-0.15, -0.1) is 0 Å². The molecule has 0 saturated carbocycles. The van der Waals surface area contributed by atoms with E-state index in [-0.39, 0.29) is 10.8 Å². The highest BCUT2D eigenvalue weighted by molar-refractivity contribution is 6.32. The van der Waals surface area contributed by atoms with E-state index in [1.807, 2.05) is 6.04 Å². The molecule has 5 nitrogen and oxygen atoms in total. The van der Waals surface area contributed by atoms with Crippen LogP contribution in [0, 0.1) is 12.5 Å². The lowest BCUT2D eigenvalue weighted by Crippen LogP contribution is -2.38. The zero-order chi connectivity index (χ0) is 19.5. The Balaban J connectivity index is 2.20. The Morgan fingerprint density at radius 2 is 2.04 bits per heavy atom. The Morgan fingerprint density at radius 1 is 1.35 bits per heavy atom. The number of halogens is 6. The fraction of sp³-hybridized carbons (Fsp3) is 0.267. The third-order valence-corrected chi connectivity index (χ3v) is 3.52. The highest BCUT2D eigenvalue weighted by Gasteiger charge is 2.57. The third kappa shape index (κ3) is 4.11. The van der Waals surface area contributed by atoms with Gasteiger partial charge in [0.15, 0.2) is 5.15 Å². The molecule has 0 aliphatic rings. The van der Waals surface area contributed by atoms with Crippen LogP contribution in [-0.4, -0.2) is 32.8 Å². The van der Waals surface area contributed by atoms with Crippen molar-refractivity contribution in [3.05, 3.63) is 35.9 Å². The lowest BCUT2D eigenvalue weighted by Gasteiger charge is -2.20. The number of aromatic nitrogens is 3. The summed E-state index contributed by atoms with van der Waals surface area (Å²) in [6.07, 6.45) is 0.736. The van der Waals surface area contributed by atoms with Crippen LogP contribution in [0.4, 0.5) is 27.6 Å². The van der Waals surface area contributed by atoms with Crippen molar-refractivity contribution < 1.29 is 26.7 Å². The highest BCUT2D eigenvalue weighted by atomic mass is 35.5. The fourth-order valence-electron chi connectivity index (χ4n) is 1.91. The first-order chi connectivity index (χ1) is 12.1. The Hall–Kier alpha value is -2.67. The van der Waals surface area contributed by atoms with Gasteiger partial charge in [-0.1, -0.05) is 18.0 Å². The van der Waals surface area contributed by atoms with E-state index in [4.69, 9.17) is 18.0 Å². The van der Waals surface area contributed by atoms with Crippen LogP contribution < -0.4 is 4.90 Å². The van der Waals surface area contributed by atoms with E-state index in [1.54, 1.807) is 12.1 Å². The zero-order valence-electron chi connectivity index (χ0n) is 12.8. The van der Waals surface area contributed by atoms with Gasteiger partial charge >= 0.3 is 12.1 Å². The van der Waals surface area contributed by atoms with E-state index < -0.39 is 30.8 Å². The molecule has 0 saturated heterocycles. The van der Waals surface area contributed by atoms with Crippen LogP contribution in [0.1, 0.15) is 12.8 Å². The van der Waals surface area contributed by atoms with Gasteiger partial charge in [-0.25, -0.2) is 9.58 Å². The molecule has 0 aliphatic carbocycles. The van der Waals surface area contributed by atoms with Crippen LogP contribution in [0.15, 0.2) is 30.7 Å². The minimum absolute atomic E-state index is 0.127. The van der Waals surface area contributed by atoms with Gasteiger partial charge in [-0.05, 0) is 12.1 Å². The summed E-state index contributed by atoms with van der Waals surface area (Å²) >= 11 is 5.91. The van der Waals surface area contributed by atoms with Gasteiger partial charge in [0.05, 0.1) is 18.1 Å². The average molecular weight is 393 g/mol. The molecule has 2 rings (SSSR count). The highest BCUT2D eigenvalue weighted by Crippen LogP contribution is 2.39. The van der Waals surface area contributed by atoms with Crippen LogP contribution in [0.25, 0.3) is 5.69 Å². The van der Waals surface area contributed by atoms with Gasteiger partial charge in [-0.3, -0.25) is 9.78 Å². The molecule has 0 fully saturated rings. The number of hydrogen-bond donors (Lipinski definition) is 0. The number of pyridine rings is 1. The van der Waals surface area contributed by atoms with Crippen molar-refractivity contribution in [2.75, 3.05) is 4.90 Å². The largest absolute Gasteiger partial charge is 0.453 e. The van der Waals surface area contributed by atoms with Gasteiger partial charge in [0.1, 0.15) is 5.69 Å². The molecule has 11 heteroatoms. The van der Waals surface area contributed by atoms with Gasteiger partial charge in [0.2, 0.25) is 5.91 Å². The maximum atomic E-state index is 13.0. The second kappa shape index (κ2) is 7.29. The quantitative estimate of drug-likeness (QED) is 0.441. The first-order valence-electron chi connectivity index (χ1n) is 6.96. The van der Waals surface area contributed by atoms with Crippen molar-refractivity contribution in [3.8, 4) is 18.2 Å². The van der Waals surface area contributed by atoms with Crippen molar-refractivity contribution in [3.63, 3.8) is 0 Å². The molecular weight excluding hydrogens is 383 g/mol. The second-order valence-electron chi connectivity index (χ2n) is 5.02. The molecule has 0 atom stereocenters. The van der Waals surface area contributed by atoms with Gasteiger partial charge in [0, 0.05) is 25.1 Å². The minimum Gasteiger partial charge on any atom is -0.273 e. The molecule has 2 heterocycles. The smallest absolute Gasteiger partial charge is 0.273 e. The van der Waals surface area contributed by atoms with Crippen LogP contribution in [-0.2, 0) is 4.79 Å². The lowest BCUT2D eigenvalue weighted by molar-refractivity contribution is -0.284. The van der Waals surface area contributed by atoms with E-state index in [9.17, 15) is 26.7 Å². The summed E-state index contributed by atoms with van der Waals surface area (Å²) in [5.41, 5.74) is 0.340. The SMILES string of the molecule is C#CN(C(=O)CCC(F)(F)C(F)(F)F)c1cn(-c2cccnc2)nc1Cl. The number of anilines is 1. The molecule has 0 N–H and O–H groups in total. The van der Waals surface area contributed by atoms with Crippen LogP contribution in [0.5, 0.6) is 0 Å². The molecule has 0 unspecified atom stereocenters. The maximum absolute atomic E-state index is 13.0. The van der Waals surface area contributed by atoms with E-state index in [0.29, 0.717) is 10.6 Å². The van der Waals surface area contributed by atoms with Crippen molar-refractivity contribution >= 4 is 23.2 Å². The molecule has 138 valence electrons. The maximum Gasteiger partial charge on any atom is 0.453 e. The normalized spacial score (nSPS) is 11.9. The summed E-state index contributed by atoms with van der Waals surface area (Å²) in [6.45, 7) is 0. The molecule has 0 spiro atoms. The average Bonchev–Trinajstić information content (AvgIpc) is 2.95. The number of terminal acetylenes is 1. The number of carbonyl (C=O) groups excluding carboxylic acids is 1. The number of nitrogens with zero attached hydrogens (tertiary/aromatic N) is 4. The second-order valence-corrected chi connectivity index (χ2v) is 5.38. The Labute approximate surface area is 149 Å². The molecule has 0 bridgehead atoms. The summed E-state index contributed by atoms with van der Waals surface area (Å²) in [4.78, 5) is 16.4. The fourth-order valence-corrected chi connectivity index (χ4v) is 2.12. The third-order valence-electron chi connectivity index (χ3n) is 3.25. The Bertz CT molecular complexity index is 829. The van der Waals surface area contributed by atoms with Crippen LogP contribution in [0.2, 0.25) is 5.15 Å². The monoisotopic (exact) mass is 392 g/mol. The van der Waals surface area contributed by atoms with Crippen LogP contribution in [0.3, 0.4) is 0 Å². The van der Waals surface area contributed by atoms with Crippen molar-refractivity contribution in [2.24, 2.45) is 0 Å². The lowest BCUT2D eigenvalue weighted by atomic mass is 10.1. The summed E-state index contributed by atoms with van der Waals surface area (Å²) in [7, 11) is 0. The minimum atomic E-state index is -5.75. The summed E-state index contributed by atoms with van der Waals surface area (Å²) in [6, 6.07) is 5.13. The molecule has 0 radical (unpaired) electrons. The number of amides is 1. The van der Waals surface area contributed by atoms with Gasteiger partial charge < -0.3 is 0 Å². The number of rotatable bonds is 5. The van der Waals surface area contributed by atoms with Crippen molar-refractivity contribution in [1.82, 2.24) is 14.8 Å². The topological polar surface area (TPSA) is 51.0 Å². The van der Waals surface area contributed by atoms with E-state index in [1.165, 1.54) is 23.3 Å². The first kappa shape index (κ1) is 19.7. The number of hydrogen-bond acceptors (Lipinski definition) is 3. The standard InChI is InChI=1S/C15H10ClF5N4O/c1-2-24(12(26)5-6-14(17,18)15(19,20)21)11-9-25(23-13(11)16)10-4-3-7-22-8-10/h1,3-4,7-9H,5-6H2. The summed E-state index contributed by atoms with van der Waals surface area (Å²) < 4.78 is 63.7. The van der Waals surface area contributed by atoms with E-state index >= 15 is 0 Å². The summed E-state index contributed by atoms with van der Waals surface area (Å²) in [5.74, 6) is -6.16. The number of carbonyl (C=O) groups is 1. The first-order valence-corrected chi connectivity index (χ1v) is 7.34. The van der Waals surface area contributed by atoms with Crippen LogP contribution >= 0.6 is 11.6 Å². The predicted octanol–water partition coefficient (Wildman–Crippen LogP) is 3.82. The molecule has 2 aromatic heterocycles. The predicted molar refractivity (Wildman–Crippen MR) is 82.9 cm³/mol. The number of alkyl halides is 5.